The lowest BCUT2D eigenvalue weighted by Crippen LogP contribution is -2.26. The van der Waals surface area contributed by atoms with Crippen molar-refractivity contribution >= 4 is 16.8 Å². The molecule has 0 saturated carbocycles. The van der Waals surface area contributed by atoms with Crippen LogP contribution in [0, 0.1) is 0 Å². The molecule has 0 aliphatic carbocycles. The lowest BCUT2D eigenvalue weighted by atomic mass is 10.2. The molecule has 3 heterocycles. The number of hydrogen-bond acceptors (Lipinski definition) is 3. The third kappa shape index (κ3) is 3.06. The first kappa shape index (κ1) is 15.3. The SMILES string of the molecule is CN(Cc1ccco1)C(=O)c1cc(Cn2ccc3ccccc32)[nH]n1. The van der Waals surface area contributed by atoms with Crippen LogP contribution in [-0.4, -0.2) is 32.6 Å². The molecule has 1 N–H and O–H groups in total. The molecule has 6 nitrogen and oxygen atoms in total. The van der Waals surface area contributed by atoms with Gasteiger partial charge in [-0.2, -0.15) is 5.10 Å². The third-order valence-electron chi connectivity index (χ3n) is 4.19. The van der Waals surface area contributed by atoms with Crippen LogP contribution in [0.25, 0.3) is 10.9 Å². The summed E-state index contributed by atoms with van der Waals surface area (Å²) in [6.07, 6.45) is 3.64. The van der Waals surface area contributed by atoms with Gasteiger partial charge in [-0.1, -0.05) is 18.2 Å². The molecule has 0 aliphatic heterocycles. The number of carbonyl (C=O) groups is 1. The summed E-state index contributed by atoms with van der Waals surface area (Å²) in [6, 6.07) is 15.7. The standard InChI is InChI=1S/C19H18N4O2/c1-22(13-16-6-4-10-25-16)19(24)17-11-15(20-21-17)12-23-9-8-14-5-2-3-7-18(14)23/h2-11H,12-13H2,1H3,(H,20,21). The molecule has 0 bridgehead atoms. The largest absolute Gasteiger partial charge is 0.467 e. The average Bonchev–Trinajstić information content (AvgIpc) is 3.36. The topological polar surface area (TPSA) is 67.1 Å². The van der Waals surface area contributed by atoms with E-state index < -0.39 is 0 Å². The van der Waals surface area contributed by atoms with Gasteiger partial charge in [0.25, 0.3) is 5.91 Å². The molecule has 0 atom stereocenters. The second-order valence-corrected chi connectivity index (χ2v) is 6.02. The third-order valence-corrected chi connectivity index (χ3v) is 4.19. The zero-order chi connectivity index (χ0) is 17.2. The minimum atomic E-state index is -0.142. The van der Waals surface area contributed by atoms with Crippen molar-refractivity contribution in [3.8, 4) is 0 Å². The van der Waals surface area contributed by atoms with Gasteiger partial charge in [0.05, 0.1) is 25.0 Å². The summed E-state index contributed by atoms with van der Waals surface area (Å²) in [5.74, 6) is 0.599. The second-order valence-electron chi connectivity index (χ2n) is 6.02. The number of furan rings is 1. The minimum absolute atomic E-state index is 0.142. The summed E-state index contributed by atoms with van der Waals surface area (Å²) in [4.78, 5) is 14.1. The number of H-pyrrole nitrogens is 1. The molecule has 0 spiro atoms. The van der Waals surface area contributed by atoms with Crippen LogP contribution in [0.4, 0.5) is 0 Å². The number of nitrogens with one attached hydrogen (secondary N) is 1. The monoisotopic (exact) mass is 334 g/mol. The molecule has 3 aromatic heterocycles. The molecule has 0 fully saturated rings. The van der Waals surface area contributed by atoms with E-state index in [1.165, 1.54) is 5.39 Å². The number of para-hydroxylation sites is 1. The number of rotatable bonds is 5. The zero-order valence-corrected chi connectivity index (χ0v) is 13.8. The quantitative estimate of drug-likeness (QED) is 0.609. The van der Waals surface area contributed by atoms with Gasteiger partial charge in [0.1, 0.15) is 11.5 Å². The molecule has 0 radical (unpaired) electrons. The van der Waals surface area contributed by atoms with Gasteiger partial charge in [-0.25, -0.2) is 0 Å². The van der Waals surface area contributed by atoms with Crippen LogP contribution >= 0.6 is 0 Å². The summed E-state index contributed by atoms with van der Waals surface area (Å²) in [6.45, 7) is 1.05. The predicted molar refractivity (Wildman–Crippen MR) is 94.1 cm³/mol. The van der Waals surface area contributed by atoms with Crippen molar-refractivity contribution in [2.24, 2.45) is 0 Å². The van der Waals surface area contributed by atoms with E-state index in [9.17, 15) is 4.79 Å². The van der Waals surface area contributed by atoms with Crippen molar-refractivity contribution in [1.82, 2.24) is 19.7 Å². The van der Waals surface area contributed by atoms with Gasteiger partial charge in [-0.05, 0) is 35.7 Å². The minimum Gasteiger partial charge on any atom is -0.467 e. The Balaban J connectivity index is 1.49. The van der Waals surface area contributed by atoms with Crippen molar-refractivity contribution in [2.45, 2.75) is 13.1 Å². The highest BCUT2D eigenvalue weighted by atomic mass is 16.3. The van der Waals surface area contributed by atoms with Gasteiger partial charge in [0.15, 0.2) is 0 Å². The molecule has 126 valence electrons. The number of benzene rings is 1. The summed E-state index contributed by atoms with van der Waals surface area (Å²) in [7, 11) is 1.73. The van der Waals surface area contributed by atoms with Crippen LogP contribution < -0.4 is 0 Å². The number of amides is 1. The summed E-state index contributed by atoms with van der Waals surface area (Å²) >= 11 is 0. The smallest absolute Gasteiger partial charge is 0.274 e. The van der Waals surface area contributed by atoms with E-state index >= 15 is 0 Å². The average molecular weight is 334 g/mol. The highest BCUT2D eigenvalue weighted by Gasteiger charge is 2.16. The Bertz CT molecular complexity index is 997. The number of fused-ring (bicyclic) bond motifs is 1. The molecule has 6 heteroatoms. The molecule has 0 aliphatic rings. The second kappa shape index (κ2) is 6.32. The molecule has 0 saturated heterocycles. The lowest BCUT2D eigenvalue weighted by molar-refractivity contribution is 0.0769. The summed E-state index contributed by atoms with van der Waals surface area (Å²) in [5.41, 5.74) is 2.44. The highest BCUT2D eigenvalue weighted by Crippen LogP contribution is 2.17. The maximum absolute atomic E-state index is 12.5. The highest BCUT2D eigenvalue weighted by molar-refractivity contribution is 5.92. The maximum atomic E-state index is 12.5. The fraction of sp³-hybridized carbons (Fsp3) is 0.158. The Morgan fingerprint density at radius 1 is 1.24 bits per heavy atom. The van der Waals surface area contributed by atoms with Crippen LogP contribution in [-0.2, 0) is 13.1 Å². The molecule has 4 rings (SSSR count). The Labute approximate surface area is 144 Å². The van der Waals surface area contributed by atoms with Crippen LogP contribution in [0.15, 0.2) is 65.4 Å². The Morgan fingerprint density at radius 3 is 2.96 bits per heavy atom. The van der Waals surface area contributed by atoms with E-state index in [0.29, 0.717) is 18.8 Å². The van der Waals surface area contributed by atoms with E-state index in [0.717, 1.165) is 17.0 Å². The summed E-state index contributed by atoms with van der Waals surface area (Å²) in [5, 5.41) is 8.32. The number of aromatic nitrogens is 3. The van der Waals surface area contributed by atoms with Crippen molar-refractivity contribution in [3.63, 3.8) is 0 Å². The molecule has 1 amide bonds. The fourth-order valence-electron chi connectivity index (χ4n) is 2.92. The van der Waals surface area contributed by atoms with Gasteiger partial charge in [-0.15, -0.1) is 0 Å². The van der Waals surface area contributed by atoms with Crippen molar-refractivity contribution < 1.29 is 9.21 Å². The lowest BCUT2D eigenvalue weighted by Gasteiger charge is -2.13. The predicted octanol–water partition coefficient (Wildman–Crippen LogP) is 3.28. The molecule has 4 aromatic rings. The molecule has 1 aromatic carbocycles. The number of aromatic amines is 1. The molecule has 0 unspecified atom stereocenters. The van der Waals surface area contributed by atoms with E-state index in [-0.39, 0.29) is 5.91 Å². The fourth-order valence-corrected chi connectivity index (χ4v) is 2.92. The van der Waals surface area contributed by atoms with E-state index in [1.54, 1.807) is 24.3 Å². The van der Waals surface area contributed by atoms with Crippen molar-refractivity contribution in [2.75, 3.05) is 7.05 Å². The van der Waals surface area contributed by atoms with Gasteiger partial charge < -0.3 is 13.9 Å². The van der Waals surface area contributed by atoms with Crippen molar-refractivity contribution in [3.05, 3.63) is 78.1 Å². The van der Waals surface area contributed by atoms with Gasteiger partial charge in [0, 0.05) is 18.8 Å². The van der Waals surface area contributed by atoms with Crippen molar-refractivity contribution in [1.29, 1.82) is 0 Å². The Hall–Kier alpha value is -3.28. The number of carbonyl (C=O) groups excluding carboxylic acids is 1. The van der Waals surface area contributed by atoms with Crippen LogP contribution in [0.2, 0.25) is 0 Å². The normalized spacial score (nSPS) is 11.1. The molecular formula is C19H18N4O2. The van der Waals surface area contributed by atoms with E-state index in [4.69, 9.17) is 4.42 Å². The molecule has 25 heavy (non-hydrogen) atoms. The first-order chi connectivity index (χ1) is 12.2. The van der Waals surface area contributed by atoms with Crippen LogP contribution in [0.1, 0.15) is 21.9 Å². The summed E-state index contributed by atoms with van der Waals surface area (Å²) < 4.78 is 7.41. The maximum Gasteiger partial charge on any atom is 0.274 e. The van der Waals surface area contributed by atoms with Crippen LogP contribution in [0.5, 0.6) is 0 Å². The van der Waals surface area contributed by atoms with Gasteiger partial charge in [-0.3, -0.25) is 9.89 Å². The number of hydrogen-bond donors (Lipinski definition) is 1. The first-order valence-corrected chi connectivity index (χ1v) is 8.07. The zero-order valence-electron chi connectivity index (χ0n) is 13.8. The first-order valence-electron chi connectivity index (χ1n) is 8.07. The Morgan fingerprint density at radius 2 is 2.12 bits per heavy atom. The van der Waals surface area contributed by atoms with Crippen LogP contribution in [0.3, 0.4) is 0 Å². The van der Waals surface area contributed by atoms with Gasteiger partial charge >= 0.3 is 0 Å². The van der Waals surface area contributed by atoms with E-state index in [1.807, 2.05) is 30.5 Å². The number of nitrogens with zero attached hydrogens (tertiary/aromatic N) is 3. The Kier molecular flexibility index (Phi) is 3.85. The van der Waals surface area contributed by atoms with Gasteiger partial charge in [0.2, 0.25) is 0 Å². The van der Waals surface area contributed by atoms with E-state index in [2.05, 4.69) is 33.0 Å². The molecular weight excluding hydrogens is 316 g/mol.